The van der Waals surface area contributed by atoms with Gasteiger partial charge in [0.1, 0.15) is 10.8 Å². The number of amides is 1. The highest BCUT2D eigenvalue weighted by atomic mass is 32.1. The van der Waals surface area contributed by atoms with Crippen molar-refractivity contribution in [1.82, 2.24) is 10.3 Å². The van der Waals surface area contributed by atoms with Crippen molar-refractivity contribution in [3.8, 4) is 10.6 Å². The van der Waals surface area contributed by atoms with Crippen molar-refractivity contribution in [2.45, 2.75) is 20.3 Å². The molecule has 0 radical (unpaired) electrons. The standard InChI is InChI=1S/C20H19FN2OS/c1-13-6-7-15(10-14(13)2)19(24)22-9-8-18-12-25-20(23-18)16-4-3-5-17(21)11-16/h3-7,10-12H,8-9H2,1-2H3,(H,22,24). The van der Waals surface area contributed by atoms with Gasteiger partial charge < -0.3 is 5.32 Å². The molecule has 0 aliphatic heterocycles. The van der Waals surface area contributed by atoms with Crippen LogP contribution in [0.4, 0.5) is 4.39 Å². The van der Waals surface area contributed by atoms with Crippen LogP contribution in [0.5, 0.6) is 0 Å². The molecule has 2 aromatic carbocycles. The van der Waals surface area contributed by atoms with Gasteiger partial charge >= 0.3 is 0 Å². The Morgan fingerprint density at radius 2 is 2.00 bits per heavy atom. The maximum Gasteiger partial charge on any atom is 0.251 e. The lowest BCUT2D eigenvalue weighted by molar-refractivity contribution is 0.0954. The van der Waals surface area contributed by atoms with E-state index in [1.54, 1.807) is 6.07 Å². The summed E-state index contributed by atoms with van der Waals surface area (Å²) in [5, 5.41) is 5.65. The summed E-state index contributed by atoms with van der Waals surface area (Å²) >= 11 is 1.48. The summed E-state index contributed by atoms with van der Waals surface area (Å²) in [5.74, 6) is -0.349. The number of aromatic nitrogens is 1. The van der Waals surface area contributed by atoms with Crippen molar-refractivity contribution in [3.63, 3.8) is 0 Å². The van der Waals surface area contributed by atoms with Crippen LogP contribution in [0.2, 0.25) is 0 Å². The third-order valence-electron chi connectivity index (χ3n) is 4.06. The number of aryl methyl sites for hydroxylation is 2. The van der Waals surface area contributed by atoms with E-state index in [1.165, 1.54) is 29.0 Å². The number of carbonyl (C=O) groups is 1. The van der Waals surface area contributed by atoms with Gasteiger partial charge in [-0.1, -0.05) is 18.2 Å². The molecule has 0 bridgehead atoms. The van der Waals surface area contributed by atoms with Crippen LogP contribution in [0, 0.1) is 19.7 Å². The van der Waals surface area contributed by atoms with E-state index in [0.717, 1.165) is 21.8 Å². The molecule has 3 rings (SSSR count). The molecule has 0 aliphatic carbocycles. The van der Waals surface area contributed by atoms with Crippen LogP contribution in [-0.2, 0) is 6.42 Å². The Balaban J connectivity index is 1.57. The molecular weight excluding hydrogens is 335 g/mol. The lowest BCUT2D eigenvalue weighted by Crippen LogP contribution is -2.25. The highest BCUT2D eigenvalue weighted by Gasteiger charge is 2.08. The van der Waals surface area contributed by atoms with Crippen LogP contribution < -0.4 is 5.32 Å². The van der Waals surface area contributed by atoms with E-state index >= 15 is 0 Å². The number of nitrogens with one attached hydrogen (secondary N) is 1. The van der Waals surface area contributed by atoms with Gasteiger partial charge in [-0.3, -0.25) is 4.79 Å². The zero-order chi connectivity index (χ0) is 17.8. The Morgan fingerprint density at radius 3 is 2.76 bits per heavy atom. The van der Waals surface area contributed by atoms with Gasteiger partial charge in [-0.05, 0) is 49.2 Å². The fourth-order valence-corrected chi connectivity index (χ4v) is 3.32. The summed E-state index contributed by atoms with van der Waals surface area (Å²) in [6, 6.07) is 12.1. The molecule has 0 spiro atoms. The smallest absolute Gasteiger partial charge is 0.251 e. The molecule has 1 aromatic heterocycles. The summed E-state index contributed by atoms with van der Waals surface area (Å²) in [4.78, 5) is 16.7. The van der Waals surface area contributed by atoms with Crippen molar-refractivity contribution in [3.05, 3.63) is 76.0 Å². The van der Waals surface area contributed by atoms with Gasteiger partial charge in [0.25, 0.3) is 5.91 Å². The number of carbonyl (C=O) groups excluding carboxylic acids is 1. The second-order valence-electron chi connectivity index (χ2n) is 5.96. The number of hydrogen-bond acceptors (Lipinski definition) is 3. The van der Waals surface area contributed by atoms with Crippen molar-refractivity contribution < 1.29 is 9.18 Å². The van der Waals surface area contributed by atoms with E-state index in [-0.39, 0.29) is 11.7 Å². The predicted octanol–water partition coefficient (Wildman–Crippen LogP) is 4.54. The van der Waals surface area contributed by atoms with Gasteiger partial charge in [-0.25, -0.2) is 9.37 Å². The number of halogens is 1. The van der Waals surface area contributed by atoms with Gasteiger partial charge in [0.15, 0.2) is 0 Å². The summed E-state index contributed by atoms with van der Waals surface area (Å²) in [6.07, 6.45) is 0.641. The number of rotatable bonds is 5. The first kappa shape index (κ1) is 17.3. The molecule has 1 amide bonds. The predicted molar refractivity (Wildman–Crippen MR) is 99.5 cm³/mol. The van der Waals surface area contributed by atoms with Crippen LogP contribution in [0.15, 0.2) is 47.8 Å². The molecule has 1 heterocycles. The summed E-state index contributed by atoms with van der Waals surface area (Å²) in [7, 11) is 0. The van der Waals surface area contributed by atoms with E-state index < -0.39 is 0 Å². The molecule has 0 saturated carbocycles. The van der Waals surface area contributed by atoms with Gasteiger partial charge in [-0.15, -0.1) is 11.3 Å². The zero-order valence-electron chi connectivity index (χ0n) is 14.2. The van der Waals surface area contributed by atoms with Gasteiger partial charge in [0, 0.05) is 29.5 Å². The fraction of sp³-hybridized carbons (Fsp3) is 0.200. The second-order valence-corrected chi connectivity index (χ2v) is 6.82. The molecule has 3 nitrogen and oxygen atoms in total. The molecule has 0 aliphatic rings. The van der Waals surface area contributed by atoms with Crippen LogP contribution >= 0.6 is 11.3 Å². The lowest BCUT2D eigenvalue weighted by atomic mass is 10.1. The minimum Gasteiger partial charge on any atom is -0.352 e. The van der Waals surface area contributed by atoms with Crippen molar-refractivity contribution in [2.24, 2.45) is 0 Å². The first-order chi connectivity index (χ1) is 12.0. The number of hydrogen-bond donors (Lipinski definition) is 1. The normalized spacial score (nSPS) is 10.7. The van der Waals surface area contributed by atoms with Crippen LogP contribution in [-0.4, -0.2) is 17.4 Å². The van der Waals surface area contributed by atoms with Crippen LogP contribution in [0.3, 0.4) is 0 Å². The van der Waals surface area contributed by atoms with Crippen molar-refractivity contribution >= 4 is 17.2 Å². The first-order valence-corrected chi connectivity index (χ1v) is 8.96. The molecule has 3 aromatic rings. The number of nitrogens with zero attached hydrogens (tertiary/aromatic N) is 1. The van der Waals surface area contributed by atoms with Crippen LogP contribution in [0.25, 0.3) is 10.6 Å². The Labute approximate surface area is 150 Å². The number of thiazole rings is 1. The Kier molecular flexibility index (Phi) is 5.24. The third kappa shape index (κ3) is 4.31. The average Bonchev–Trinajstić information content (AvgIpc) is 3.06. The van der Waals surface area contributed by atoms with Gasteiger partial charge in [0.05, 0.1) is 5.69 Å². The third-order valence-corrected chi connectivity index (χ3v) is 5.00. The largest absolute Gasteiger partial charge is 0.352 e. The maximum absolute atomic E-state index is 13.3. The molecule has 1 N–H and O–H groups in total. The second kappa shape index (κ2) is 7.57. The van der Waals surface area contributed by atoms with Gasteiger partial charge in [0.2, 0.25) is 0 Å². The van der Waals surface area contributed by atoms with Gasteiger partial charge in [-0.2, -0.15) is 0 Å². The van der Waals surface area contributed by atoms with E-state index in [9.17, 15) is 9.18 Å². The highest BCUT2D eigenvalue weighted by molar-refractivity contribution is 7.13. The monoisotopic (exact) mass is 354 g/mol. The van der Waals surface area contributed by atoms with Crippen molar-refractivity contribution in [1.29, 1.82) is 0 Å². The average molecular weight is 354 g/mol. The molecule has 128 valence electrons. The summed E-state index contributed by atoms with van der Waals surface area (Å²) < 4.78 is 13.3. The molecule has 25 heavy (non-hydrogen) atoms. The zero-order valence-corrected chi connectivity index (χ0v) is 15.0. The minimum atomic E-state index is -0.269. The maximum atomic E-state index is 13.3. The van der Waals surface area contributed by atoms with E-state index in [2.05, 4.69) is 10.3 Å². The Morgan fingerprint density at radius 1 is 1.16 bits per heavy atom. The minimum absolute atomic E-state index is 0.0799. The summed E-state index contributed by atoms with van der Waals surface area (Å²) in [5.41, 5.74) is 4.61. The molecule has 0 saturated heterocycles. The molecule has 5 heteroatoms. The first-order valence-electron chi connectivity index (χ1n) is 8.09. The molecule has 0 unspecified atom stereocenters. The highest BCUT2D eigenvalue weighted by Crippen LogP contribution is 2.24. The number of benzene rings is 2. The van der Waals surface area contributed by atoms with E-state index in [1.807, 2.05) is 43.5 Å². The quantitative estimate of drug-likeness (QED) is 0.731. The topological polar surface area (TPSA) is 42.0 Å². The fourth-order valence-electron chi connectivity index (χ4n) is 2.46. The SMILES string of the molecule is Cc1ccc(C(=O)NCCc2csc(-c3cccc(F)c3)n2)cc1C. The summed E-state index contributed by atoms with van der Waals surface area (Å²) in [6.45, 7) is 4.53. The molecule has 0 fully saturated rings. The Hall–Kier alpha value is -2.53. The lowest BCUT2D eigenvalue weighted by Gasteiger charge is -2.06. The van der Waals surface area contributed by atoms with E-state index in [0.29, 0.717) is 18.5 Å². The van der Waals surface area contributed by atoms with Crippen LogP contribution in [0.1, 0.15) is 27.2 Å². The van der Waals surface area contributed by atoms with E-state index in [4.69, 9.17) is 0 Å². The Bertz CT molecular complexity index is 904. The molecule has 0 atom stereocenters. The van der Waals surface area contributed by atoms with Crippen molar-refractivity contribution in [2.75, 3.05) is 6.54 Å². The molecular formula is C20H19FN2OS.